The van der Waals surface area contributed by atoms with Gasteiger partial charge in [0.15, 0.2) is 5.82 Å². The van der Waals surface area contributed by atoms with Crippen molar-refractivity contribution in [2.75, 3.05) is 0 Å². The Hall–Kier alpha value is -7.81. The normalized spacial score (nSPS) is 11.6. The van der Waals surface area contributed by atoms with E-state index in [1.54, 1.807) is 0 Å². The smallest absolute Gasteiger partial charge is 0.160 e. The molecule has 0 N–H and O–H groups in total. The van der Waals surface area contributed by atoms with Crippen molar-refractivity contribution in [2.24, 2.45) is 0 Å². The Kier molecular flexibility index (Phi) is 7.16. The summed E-state index contributed by atoms with van der Waals surface area (Å²) in [6, 6.07) is 67.8. The van der Waals surface area contributed by atoms with Crippen molar-refractivity contribution in [1.29, 1.82) is 5.26 Å². The third-order valence-electron chi connectivity index (χ3n) is 10.9. The first kappa shape index (κ1) is 31.7. The Bertz CT molecular complexity index is 3350. The zero-order valence-corrected chi connectivity index (χ0v) is 30.1. The lowest BCUT2D eigenvalue weighted by atomic mass is 9.94. The molecule has 0 saturated carbocycles. The minimum absolute atomic E-state index is 0.426. The number of rotatable bonds is 5. The molecule has 11 aromatic rings. The van der Waals surface area contributed by atoms with Gasteiger partial charge in [-0.3, -0.25) is 0 Å². The van der Waals surface area contributed by atoms with Crippen LogP contribution in [0.4, 0.5) is 0 Å². The van der Waals surface area contributed by atoms with Gasteiger partial charge in [0, 0.05) is 49.6 Å². The van der Waals surface area contributed by atoms with Gasteiger partial charge in [-0.25, -0.2) is 9.97 Å². The first-order valence-corrected chi connectivity index (χ1v) is 18.7. The minimum atomic E-state index is 0.426. The van der Waals surface area contributed by atoms with E-state index in [-0.39, 0.29) is 0 Å². The summed E-state index contributed by atoms with van der Waals surface area (Å²) >= 11 is 0. The largest absolute Gasteiger partial charge is 0.309 e. The molecule has 0 atom stereocenters. The average Bonchev–Trinajstić information content (AvgIpc) is 3.78. The van der Waals surface area contributed by atoms with Gasteiger partial charge in [0.05, 0.1) is 33.5 Å². The topological polar surface area (TPSA) is 59.4 Å². The lowest BCUT2D eigenvalue weighted by molar-refractivity contribution is 1.15. The molecular weight excluding hydrogens is 683 g/mol. The Balaban J connectivity index is 1.40. The van der Waals surface area contributed by atoms with E-state index in [0.717, 1.165) is 82.4 Å². The van der Waals surface area contributed by atoms with Crippen LogP contribution in [0, 0.1) is 11.3 Å². The fourth-order valence-electron chi connectivity index (χ4n) is 8.51. The first-order chi connectivity index (χ1) is 27.8. The summed E-state index contributed by atoms with van der Waals surface area (Å²) < 4.78 is 4.69. The van der Waals surface area contributed by atoms with Crippen molar-refractivity contribution in [3.8, 4) is 51.3 Å². The molecule has 0 aliphatic carbocycles. The maximum absolute atomic E-state index is 11.4. The second-order valence-corrected chi connectivity index (χ2v) is 14.1. The van der Waals surface area contributed by atoms with Crippen LogP contribution in [-0.2, 0) is 0 Å². The highest BCUT2D eigenvalue weighted by atomic mass is 15.0. The van der Waals surface area contributed by atoms with Crippen molar-refractivity contribution >= 4 is 54.4 Å². The molecule has 0 unspecified atom stereocenters. The van der Waals surface area contributed by atoms with Gasteiger partial charge in [-0.15, -0.1) is 0 Å². The third-order valence-corrected chi connectivity index (χ3v) is 10.9. The molecule has 5 nitrogen and oxygen atoms in total. The van der Waals surface area contributed by atoms with E-state index in [1.807, 2.05) is 54.6 Å². The molecule has 0 aliphatic heterocycles. The molecule has 3 aromatic heterocycles. The summed E-state index contributed by atoms with van der Waals surface area (Å²) in [6.45, 7) is 0. The van der Waals surface area contributed by atoms with Crippen LogP contribution in [0.25, 0.3) is 99.7 Å². The van der Waals surface area contributed by atoms with Gasteiger partial charge in [0.1, 0.15) is 11.6 Å². The highest BCUT2D eigenvalue weighted by molar-refractivity contribution is 6.27. The van der Waals surface area contributed by atoms with E-state index in [9.17, 15) is 5.26 Å². The van der Waals surface area contributed by atoms with Crippen molar-refractivity contribution in [3.63, 3.8) is 0 Å². The zero-order valence-electron chi connectivity index (χ0n) is 30.1. The van der Waals surface area contributed by atoms with Crippen LogP contribution in [0.1, 0.15) is 5.56 Å². The fraction of sp³-hybridized carbons (Fsp3) is 0. The van der Waals surface area contributed by atoms with E-state index < -0.39 is 0 Å². The van der Waals surface area contributed by atoms with E-state index in [1.165, 1.54) is 0 Å². The maximum Gasteiger partial charge on any atom is 0.160 e. The molecule has 0 aliphatic rings. The lowest BCUT2D eigenvalue weighted by Gasteiger charge is -2.17. The van der Waals surface area contributed by atoms with Gasteiger partial charge in [-0.2, -0.15) is 5.26 Å². The molecule has 0 spiro atoms. The van der Waals surface area contributed by atoms with E-state index in [4.69, 9.17) is 9.97 Å². The molecule has 11 rings (SSSR count). The second kappa shape index (κ2) is 12.7. The molecule has 0 radical (unpaired) electrons. The third kappa shape index (κ3) is 4.80. The molecule has 8 aromatic carbocycles. The molecule has 0 saturated heterocycles. The average molecular weight is 714 g/mol. The van der Waals surface area contributed by atoms with Crippen molar-refractivity contribution in [3.05, 3.63) is 194 Å². The standard InChI is InChI=1S/C51H31N5/c52-32-42-48(36-29-28-33-16-10-11-19-35(33)30-36)53-51(34-17-4-1-5-18-34)54-49(42)47-46-40-25-13-15-27-44(40)55(37-20-6-2-7-21-37)45(46)31-41-39-24-12-14-26-43(39)56(50(41)47)38-22-8-3-9-23-38/h1-31H. The Morgan fingerprint density at radius 3 is 1.71 bits per heavy atom. The second-order valence-electron chi connectivity index (χ2n) is 14.1. The van der Waals surface area contributed by atoms with Crippen LogP contribution in [0.15, 0.2) is 188 Å². The van der Waals surface area contributed by atoms with Crippen LogP contribution in [0.5, 0.6) is 0 Å². The Morgan fingerprint density at radius 2 is 1.00 bits per heavy atom. The van der Waals surface area contributed by atoms with Crippen LogP contribution < -0.4 is 0 Å². The predicted molar refractivity (Wildman–Crippen MR) is 229 cm³/mol. The Labute approximate surface area is 322 Å². The molecule has 260 valence electrons. The van der Waals surface area contributed by atoms with Crippen LogP contribution in [0.3, 0.4) is 0 Å². The molecule has 0 bridgehead atoms. The number of para-hydroxylation sites is 4. The number of nitriles is 1. The molecule has 0 amide bonds. The first-order valence-electron chi connectivity index (χ1n) is 18.7. The molecular formula is C51H31N5. The number of fused-ring (bicyclic) bond motifs is 7. The molecule has 3 heterocycles. The predicted octanol–water partition coefficient (Wildman–Crippen LogP) is 12.7. The monoisotopic (exact) mass is 713 g/mol. The summed E-state index contributed by atoms with van der Waals surface area (Å²) in [5.74, 6) is 0.557. The van der Waals surface area contributed by atoms with E-state index in [2.05, 4.69) is 149 Å². The van der Waals surface area contributed by atoms with Crippen LogP contribution in [-0.4, -0.2) is 19.1 Å². The number of hydrogen-bond acceptors (Lipinski definition) is 3. The highest BCUT2D eigenvalue weighted by Crippen LogP contribution is 2.48. The van der Waals surface area contributed by atoms with Gasteiger partial charge >= 0.3 is 0 Å². The minimum Gasteiger partial charge on any atom is -0.309 e. The maximum atomic E-state index is 11.4. The summed E-state index contributed by atoms with van der Waals surface area (Å²) in [5.41, 5.74) is 10.5. The van der Waals surface area contributed by atoms with E-state index in [0.29, 0.717) is 22.8 Å². The van der Waals surface area contributed by atoms with Crippen molar-refractivity contribution < 1.29 is 0 Å². The van der Waals surface area contributed by atoms with Gasteiger partial charge < -0.3 is 9.13 Å². The van der Waals surface area contributed by atoms with Crippen molar-refractivity contribution in [2.45, 2.75) is 0 Å². The number of hydrogen-bond donors (Lipinski definition) is 0. The van der Waals surface area contributed by atoms with Gasteiger partial charge in [-0.1, -0.05) is 140 Å². The van der Waals surface area contributed by atoms with Gasteiger partial charge in [0.2, 0.25) is 0 Å². The van der Waals surface area contributed by atoms with Crippen LogP contribution in [0.2, 0.25) is 0 Å². The lowest BCUT2D eigenvalue weighted by Crippen LogP contribution is -2.03. The van der Waals surface area contributed by atoms with Crippen molar-refractivity contribution in [1.82, 2.24) is 19.1 Å². The van der Waals surface area contributed by atoms with Gasteiger partial charge in [-0.05, 0) is 59.3 Å². The van der Waals surface area contributed by atoms with E-state index >= 15 is 0 Å². The summed E-state index contributed by atoms with van der Waals surface area (Å²) in [7, 11) is 0. The summed E-state index contributed by atoms with van der Waals surface area (Å²) in [5, 5.41) is 17.9. The fourth-order valence-corrected chi connectivity index (χ4v) is 8.51. The number of aromatic nitrogens is 4. The highest BCUT2D eigenvalue weighted by Gasteiger charge is 2.28. The van der Waals surface area contributed by atoms with Crippen LogP contribution >= 0.6 is 0 Å². The SMILES string of the molecule is N#Cc1c(-c2ccc3ccccc3c2)nc(-c2ccccc2)nc1-c1c2c3ccccc3n(-c3ccccc3)c2cc2c3ccccc3n(-c3ccccc3)c12. The molecule has 5 heteroatoms. The summed E-state index contributed by atoms with van der Waals surface area (Å²) in [4.78, 5) is 10.7. The Morgan fingerprint density at radius 1 is 0.429 bits per heavy atom. The quantitative estimate of drug-likeness (QED) is 0.178. The number of benzene rings is 8. The molecule has 0 fully saturated rings. The summed E-state index contributed by atoms with van der Waals surface area (Å²) in [6.07, 6.45) is 0. The van der Waals surface area contributed by atoms with Gasteiger partial charge in [0.25, 0.3) is 0 Å². The zero-order chi connectivity index (χ0) is 37.2. The number of nitrogens with zero attached hydrogens (tertiary/aromatic N) is 5. The molecule has 56 heavy (non-hydrogen) atoms.